The van der Waals surface area contributed by atoms with Crippen molar-refractivity contribution < 1.29 is 9.59 Å². The van der Waals surface area contributed by atoms with E-state index in [1.165, 1.54) is 23.5 Å². The monoisotopic (exact) mass is 474 g/mol. The molecule has 5 aromatic rings. The van der Waals surface area contributed by atoms with E-state index >= 15 is 0 Å². The van der Waals surface area contributed by atoms with E-state index in [1.54, 1.807) is 16.8 Å². The summed E-state index contributed by atoms with van der Waals surface area (Å²) in [6.07, 6.45) is 0. The number of nitrogens with zero attached hydrogens (tertiary/aromatic N) is 2. The van der Waals surface area contributed by atoms with Crippen molar-refractivity contribution in [3.05, 3.63) is 85.9 Å². The summed E-state index contributed by atoms with van der Waals surface area (Å²) >= 11 is 1.28. The number of benzene rings is 2. The normalized spacial score (nSPS) is 11.1. The molecule has 2 aromatic carbocycles. The molecule has 0 aliphatic rings. The predicted molar refractivity (Wildman–Crippen MR) is 130 cm³/mol. The SMILES string of the molecule is Cc1nn(-c2ccccc2)c2sc(C(=O)NCC(=O)Nc3cccc4c(=O)[nH][nH]c(=O)c34)cc12. The van der Waals surface area contributed by atoms with Gasteiger partial charge in [-0.25, -0.2) is 4.68 Å². The van der Waals surface area contributed by atoms with Gasteiger partial charge in [-0.05, 0) is 37.3 Å². The van der Waals surface area contributed by atoms with Gasteiger partial charge in [-0.1, -0.05) is 24.3 Å². The van der Waals surface area contributed by atoms with Crippen LogP contribution in [-0.2, 0) is 4.79 Å². The van der Waals surface area contributed by atoms with Crippen LogP contribution >= 0.6 is 11.3 Å². The Morgan fingerprint density at radius 3 is 2.56 bits per heavy atom. The fourth-order valence-corrected chi connectivity index (χ4v) is 4.78. The van der Waals surface area contributed by atoms with E-state index in [4.69, 9.17) is 0 Å². The summed E-state index contributed by atoms with van der Waals surface area (Å²) in [6.45, 7) is 1.56. The van der Waals surface area contributed by atoms with E-state index in [0.717, 1.165) is 21.6 Å². The van der Waals surface area contributed by atoms with Crippen LogP contribution < -0.4 is 21.8 Å². The first-order chi connectivity index (χ1) is 16.4. The zero-order chi connectivity index (χ0) is 23.8. The van der Waals surface area contributed by atoms with E-state index in [0.29, 0.717) is 4.88 Å². The minimum atomic E-state index is -0.539. The number of amides is 2. The number of aromatic amines is 2. The molecule has 0 radical (unpaired) electrons. The van der Waals surface area contributed by atoms with Crippen molar-refractivity contribution in [2.75, 3.05) is 11.9 Å². The maximum Gasteiger partial charge on any atom is 0.272 e. The Morgan fingerprint density at radius 2 is 1.76 bits per heavy atom. The topological polar surface area (TPSA) is 142 Å². The van der Waals surface area contributed by atoms with Gasteiger partial charge in [-0.15, -0.1) is 11.3 Å². The summed E-state index contributed by atoms with van der Waals surface area (Å²) in [5, 5.41) is 15.3. The highest BCUT2D eigenvalue weighted by atomic mass is 32.1. The number of H-pyrrole nitrogens is 2. The number of para-hydroxylation sites is 1. The second-order valence-electron chi connectivity index (χ2n) is 7.53. The fraction of sp³-hybridized carbons (Fsp3) is 0.0870. The van der Waals surface area contributed by atoms with Crippen molar-refractivity contribution in [1.82, 2.24) is 25.3 Å². The molecule has 2 amide bonds. The number of fused-ring (bicyclic) bond motifs is 2. The quantitative estimate of drug-likeness (QED) is 0.309. The molecule has 34 heavy (non-hydrogen) atoms. The van der Waals surface area contributed by atoms with Crippen LogP contribution in [0.2, 0.25) is 0 Å². The molecule has 11 heteroatoms. The molecule has 3 aromatic heterocycles. The van der Waals surface area contributed by atoms with Crippen LogP contribution in [0.3, 0.4) is 0 Å². The lowest BCUT2D eigenvalue weighted by atomic mass is 10.1. The van der Waals surface area contributed by atoms with Gasteiger partial charge in [0.25, 0.3) is 17.0 Å². The van der Waals surface area contributed by atoms with Crippen LogP contribution in [-0.4, -0.2) is 38.3 Å². The molecule has 0 saturated carbocycles. The Kier molecular flexibility index (Phi) is 5.30. The molecular formula is C23H18N6O4S. The molecule has 0 aliphatic carbocycles. The van der Waals surface area contributed by atoms with Crippen molar-refractivity contribution in [3.63, 3.8) is 0 Å². The first-order valence-electron chi connectivity index (χ1n) is 10.3. The van der Waals surface area contributed by atoms with Gasteiger partial charge in [0, 0.05) is 5.39 Å². The third-order valence-electron chi connectivity index (χ3n) is 5.28. The summed E-state index contributed by atoms with van der Waals surface area (Å²) in [5.74, 6) is -0.934. The van der Waals surface area contributed by atoms with Crippen molar-refractivity contribution in [2.24, 2.45) is 0 Å². The van der Waals surface area contributed by atoms with E-state index in [1.807, 2.05) is 37.3 Å². The summed E-state index contributed by atoms with van der Waals surface area (Å²) in [6, 6.07) is 15.9. The van der Waals surface area contributed by atoms with E-state index in [-0.39, 0.29) is 23.0 Å². The molecule has 3 heterocycles. The number of hydrogen-bond acceptors (Lipinski definition) is 6. The summed E-state index contributed by atoms with van der Waals surface area (Å²) in [4.78, 5) is 50.6. The number of hydrogen-bond donors (Lipinski definition) is 4. The van der Waals surface area contributed by atoms with Crippen LogP contribution in [0, 0.1) is 6.92 Å². The van der Waals surface area contributed by atoms with Gasteiger partial charge < -0.3 is 10.6 Å². The third kappa shape index (κ3) is 3.77. The van der Waals surface area contributed by atoms with Crippen LogP contribution in [0.5, 0.6) is 0 Å². The molecule has 0 bridgehead atoms. The average Bonchev–Trinajstić information content (AvgIpc) is 3.41. The summed E-state index contributed by atoms with van der Waals surface area (Å²) in [5.41, 5.74) is 0.848. The Morgan fingerprint density at radius 1 is 1.00 bits per heavy atom. The largest absolute Gasteiger partial charge is 0.342 e. The number of carbonyl (C=O) groups is 2. The minimum Gasteiger partial charge on any atom is -0.342 e. The number of thiophene rings is 1. The fourth-order valence-electron chi connectivity index (χ4n) is 3.68. The average molecular weight is 475 g/mol. The Balaban J connectivity index is 1.33. The molecule has 10 nitrogen and oxygen atoms in total. The second-order valence-corrected chi connectivity index (χ2v) is 8.56. The molecule has 0 unspecified atom stereocenters. The van der Waals surface area contributed by atoms with Crippen molar-refractivity contribution in [2.45, 2.75) is 6.92 Å². The molecule has 4 N–H and O–H groups in total. The van der Waals surface area contributed by atoms with Crippen molar-refractivity contribution >= 4 is 49.8 Å². The molecule has 5 rings (SSSR count). The molecule has 0 atom stereocenters. The van der Waals surface area contributed by atoms with Crippen molar-refractivity contribution in [1.29, 1.82) is 0 Å². The summed E-state index contributed by atoms with van der Waals surface area (Å²) < 4.78 is 1.79. The van der Waals surface area contributed by atoms with E-state index < -0.39 is 22.9 Å². The van der Waals surface area contributed by atoms with Gasteiger partial charge >= 0.3 is 0 Å². The molecule has 170 valence electrons. The molecular weight excluding hydrogens is 456 g/mol. The van der Waals surface area contributed by atoms with Gasteiger partial charge in [0.05, 0.1) is 39.3 Å². The molecule has 0 aliphatic heterocycles. The van der Waals surface area contributed by atoms with Gasteiger partial charge in [-0.2, -0.15) is 5.10 Å². The third-order valence-corrected chi connectivity index (χ3v) is 6.39. The number of anilines is 1. The Bertz CT molecular complexity index is 1680. The first-order valence-corrected chi connectivity index (χ1v) is 11.1. The van der Waals surface area contributed by atoms with Crippen molar-refractivity contribution in [3.8, 4) is 5.69 Å². The Hall–Kier alpha value is -4.51. The van der Waals surface area contributed by atoms with Gasteiger partial charge in [0.2, 0.25) is 5.91 Å². The lowest BCUT2D eigenvalue weighted by Gasteiger charge is -2.08. The Labute approximate surface area is 195 Å². The molecule has 0 saturated heterocycles. The standard InChI is InChI=1S/C23H18N6O4S/c1-12-15-10-17(34-23(15)29(28-12)13-6-3-2-4-7-13)21(32)24-11-18(30)25-16-9-5-8-14-19(16)22(33)27-26-20(14)31/h2-10H,11H2,1H3,(H,24,32)(H,25,30)(H,26,31)(H,27,33). The number of carbonyl (C=O) groups excluding carboxylic acids is 2. The highest BCUT2D eigenvalue weighted by Gasteiger charge is 2.18. The predicted octanol–water partition coefficient (Wildman–Crippen LogP) is 2.29. The van der Waals surface area contributed by atoms with Gasteiger partial charge in [0.15, 0.2) is 0 Å². The van der Waals surface area contributed by atoms with E-state index in [2.05, 4.69) is 25.9 Å². The van der Waals surface area contributed by atoms with Crippen LogP contribution in [0.15, 0.2) is 64.2 Å². The zero-order valence-electron chi connectivity index (χ0n) is 17.8. The van der Waals surface area contributed by atoms with Crippen LogP contribution in [0.1, 0.15) is 15.4 Å². The zero-order valence-corrected chi connectivity index (χ0v) is 18.7. The number of aryl methyl sites for hydroxylation is 1. The highest BCUT2D eigenvalue weighted by molar-refractivity contribution is 7.20. The smallest absolute Gasteiger partial charge is 0.272 e. The minimum absolute atomic E-state index is 0.0661. The lowest BCUT2D eigenvalue weighted by Crippen LogP contribution is -2.32. The van der Waals surface area contributed by atoms with E-state index in [9.17, 15) is 19.2 Å². The molecule has 0 fully saturated rings. The van der Waals surface area contributed by atoms with Crippen LogP contribution in [0.25, 0.3) is 26.7 Å². The van der Waals surface area contributed by atoms with Crippen LogP contribution in [0.4, 0.5) is 5.69 Å². The number of aromatic nitrogens is 4. The van der Waals surface area contributed by atoms with Gasteiger partial charge in [-0.3, -0.25) is 29.4 Å². The maximum absolute atomic E-state index is 12.7. The van der Waals surface area contributed by atoms with Gasteiger partial charge in [0.1, 0.15) is 4.83 Å². The maximum atomic E-state index is 12.7. The summed E-state index contributed by atoms with van der Waals surface area (Å²) in [7, 11) is 0. The molecule has 0 spiro atoms. The number of rotatable bonds is 5. The number of nitrogens with one attached hydrogen (secondary N) is 4. The first kappa shape index (κ1) is 21.3. The highest BCUT2D eigenvalue weighted by Crippen LogP contribution is 2.30. The lowest BCUT2D eigenvalue weighted by molar-refractivity contribution is -0.115. The second kappa shape index (κ2) is 8.45.